The van der Waals surface area contributed by atoms with Gasteiger partial charge in [0, 0.05) is 37.1 Å². The minimum absolute atomic E-state index is 0.607. The summed E-state index contributed by atoms with van der Waals surface area (Å²) in [6, 6.07) is 0. The van der Waals surface area contributed by atoms with Crippen molar-refractivity contribution in [2.45, 2.75) is 32.1 Å². The van der Waals surface area contributed by atoms with Gasteiger partial charge in [-0.1, -0.05) is 0 Å². The molecule has 4 rings (SSSR count). The third-order valence-electron chi connectivity index (χ3n) is 4.64. The summed E-state index contributed by atoms with van der Waals surface area (Å²) in [5, 5.41) is 0. The van der Waals surface area contributed by atoms with E-state index in [1.807, 2.05) is 0 Å². The fourth-order valence-corrected chi connectivity index (χ4v) is 3.99. The van der Waals surface area contributed by atoms with Gasteiger partial charge in [0.15, 0.2) is 0 Å². The van der Waals surface area contributed by atoms with E-state index in [1.165, 1.54) is 45.2 Å². The maximum atomic E-state index is 4.39. The standard InChI is InChI=1S/C14H18N2/c1-3-10-4-2-6-16-9-11-7-15-8-13(11)12(5-1)14(10)16/h7-8,10-11H,1-6,9H2. The van der Waals surface area contributed by atoms with Crippen molar-refractivity contribution >= 4 is 6.21 Å². The Kier molecular flexibility index (Phi) is 1.82. The minimum atomic E-state index is 0.607. The highest BCUT2D eigenvalue weighted by molar-refractivity contribution is 5.73. The van der Waals surface area contributed by atoms with Crippen molar-refractivity contribution in [3.8, 4) is 0 Å². The van der Waals surface area contributed by atoms with E-state index in [0.717, 1.165) is 5.92 Å². The van der Waals surface area contributed by atoms with E-state index in [-0.39, 0.29) is 0 Å². The van der Waals surface area contributed by atoms with Crippen molar-refractivity contribution in [3.05, 3.63) is 23.0 Å². The summed E-state index contributed by atoms with van der Waals surface area (Å²) in [4.78, 5) is 7.05. The average molecular weight is 214 g/mol. The molecule has 1 aliphatic carbocycles. The first-order valence-electron chi connectivity index (χ1n) is 6.65. The largest absolute Gasteiger partial charge is 0.373 e. The van der Waals surface area contributed by atoms with Crippen LogP contribution in [0.5, 0.6) is 0 Å². The van der Waals surface area contributed by atoms with Crippen LogP contribution in [0, 0.1) is 11.8 Å². The monoisotopic (exact) mass is 214 g/mol. The predicted octanol–water partition coefficient (Wildman–Crippen LogP) is 2.73. The molecule has 2 atom stereocenters. The lowest BCUT2D eigenvalue weighted by atomic mass is 9.74. The molecular formula is C14H18N2. The van der Waals surface area contributed by atoms with Crippen molar-refractivity contribution in [1.29, 1.82) is 0 Å². The van der Waals surface area contributed by atoms with Crippen molar-refractivity contribution in [2.24, 2.45) is 16.8 Å². The van der Waals surface area contributed by atoms with Gasteiger partial charge in [-0.3, -0.25) is 4.99 Å². The van der Waals surface area contributed by atoms with Gasteiger partial charge < -0.3 is 4.90 Å². The van der Waals surface area contributed by atoms with Crippen LogP contribution in [0.2, 0.25) is 0 Å². The highest BCUT2D eigenvalue weighted by Gasteiger charge is 2.38. The molecule has 0 N–H and O–H groups in total. The van der Waals surface area contributed by atoms with Gasteiger partial charge in [-0.15, -0.1) is 0 Å². The van der Waals surface area contributed by atoms with Crippen molar-refractivity contribution < 1.29 is 0 Å². The lowest BCUT2D eigenvalue weighted by Gasteiger charge is -2.46. The fourth-order valence-electron chi connectivity index (χ4n) is 3.99. The minimum Gasteiger partial charge on any atom is -0.373 e. The van der Waals surface area contributed by atoms with E-state index in [9.17, 15) is 0 Å². The number of aliphatic imine (C=N–C) groups is 1. The van der Waals surface area contributed by atoms with Gasteiger partial charge in [-0.25, -0.2) is 0 Å². The molecule has 0 amide bonds. The summed E-state index contributed by atoms with van der Waals surface area (Å²) >= 11 is 0. The number of fused-ring (bicyclic) bond motifs is 2. The van der Waals surface area contributed by atoms with E-state index in [2.05, 4.69) is 22.3 Å². The average Bonchev–Trinajstić information content (AvgIpc) is 2.78. The SMILES string of the molecule is C1=NC=C2C3=C4C(CCC3)CCCN4CC12. The van der Waals surface area contributed by atoms with Gasteiger partial charge in [0.05, 0.1) is 0 Å². The van der Waals surface area contributed by atoms with Crippen LogP contribution in [0.15, 0.2) is 28.0 Å². The van der Waals surface area contributed by atoms with E-state index < -0.39 is 0 Å². The molecule has 2 nitrogen and oxygen atoms in total. The Bertz CT molecular complexity index is 416. The number of allylic oxidation sites excluding steroid dienone is 2. The quantitative estimate of drug-likeness (QED) is 0.605. The number of hydrogen-bond donors (Lipinski definition) is 0. The molecule has 3 heterocycles. The first-order valence-corrected chi connectivity index (χ1v) is 6.65. The van der Waals surface area contributed by atoms with E-state index >= 15 is 0 Å². The Hall–Kier alpha value is -1.05. The highest BCUT2D eigenvalue weighted by Crippen LogP contribution is 2.46. The topological polar surface area (TPSA) is 15.6 Å². The fraction of sp³-hybridized carbons (Fsp3) is 0.643. The summed E-state index contributed by atoms with van der Waals surface area (Å²) in [6.45, 7) is 2.48. The first kappa shape index (κ1) is 9.03. The van der Waals surface area contributed by atoms with Crippen LogP contribution >= 0.6 is 0 Å². The van der Waals surface area contributed by atoms with Crippen LogP contribution in [0.4, 0.5) is 0 Å². The third kappa shape index (κ3) is 1.10. The van der Waals surface area contributed by atoms with Crippen LogP contribution in [0.1, 0.15) is 32.1 Å². The number of hydrogen-bond acceptors (Lipinski definition) is 2. The molecule has 0 aromatic carbocycles. The van der Waals surface area contributed by atoms with Gasteiger partial charge in [-0.2, -0.15) is 0 Å². The molecule has 0 spiro atoms. The summed E-state index contributed by atoms with van der Waals surface area (Å²) in [5.41, 5.74) is 4.94. The van der Waals surface area contributed by atoms with Crippen molar-refractivity contribution in [1.82, 2.24) is 4.90 Å². The number of rotatable bonds is 0. The summed E-state index contributed by atoms with van der Waals surface area (Å²) in [5.74, 6) is 1.48. The lowest BCUT2D eigenvalue weighted by molar-refractivity contribution is 0.202. The van der Waals surface area contributed by atoms with Crippen LogP contribution in [-0.2, 0) is 0 Å². The molecule has 0 aromatic heterocycles. The van der Waals surface area contributed by atoms with Crippen LogP contribution in [0.3, 0.4) is 0 Å². The zero-order valence-electron chi connectivity index (χ0n) is 9.65. The van der Waals surface area contributed by atoms with Gasteiger partial charge >= 0.3 is 0 Å². The smallest absolute Gasteiger partial charge is 0.0387 e. The van der Waals surface area contributed by atoms with Crippen LogP contribution < -0.4 is 0 Å². The highest BCUT2D eigenvalue weighted by atomic mass is 15.2. The molecule has 3 aliphatic heterocycles. The molecule has 0 radical (unpaired) electrons. The number of nitrogens with zero attached hydrogens (tertiary/aromatic N) is 2. The Labute approximate surface area is 96.7 Å². The van der Waals surface area contributed by atoms with Crippen LogP contribution in [0.25, 0.3) is 0 Å². The molecule has 4 aliphatic rings. The predicted molar refractivity (Wildman–Crippen MR) is 65.2 cm³/mol. The second-order valence-electron chi connectivity index (χ2n) is 5.53. The molecule has 0 bridgehead atoms. The molecule has 16 heavy (non-hydrogen) atoms. The third-order valence-corrected chi connectivity index (χ3v) is 4.64. The number of piperidine rings is 1. The molecule has 2 heteroatoms. The Balaban J connectivity index is 1.85. The van der Waals surface area contributed by atoms with E-state index in [1.54, 1.807) is 16.8 Å². The van der Waals surface area contributed by atoms with Gasteiger partial charge in [0.2, 0.25) is 0 Å². The molecule has 84 valence electrons. The molecule has 0 aromatic rings. The maximum Gasteiger partial charge on any atom is 0.0387 e. The summed E-state index contributed by atoms with van der Waals surface area (Å²) in [6.07, 6.45) is 11.2. The zero-order chi connectivity index (χ0) is 10.5. The van der Waals surface area contributed by atoms with Gasteiger partial charge in [0.25, 0.3) is 0 Å². The summed E-state index contributed by atoms with van der Waals surface area (Å²) < 4.78 is 0. The van der Waals surface area contributed by atoms with Gasteiger partial charge in [0.1, 0.15) is 0 Å². The normalized spacial score (nSPS) is 36.0. The Morgan fingerprint density at radius 3 is 3.19 bits per heavy atom. The molecule has 2 unspecified atom stereocenters. The summed E-state index contributed by atoms with van der Waals surface area (Å²) in [7, 11) is 0. The zero-order valence-corrected chi connectivity index (χ0v) is 9.65. The molecule has 1 saturated heterocycles. The molecule has 0 saturated carbocycles. The van der Waals surface area contributed by atoms with Crippen LogP contribution in [-0.4, -0.2) is 24.2 Å². The molecule has 1 fully saturated rings. The lowest BCUT2D eigenvalue weighted by Crippen LogP contribution is -2.43. The van der Waals surface area contributed by atoms with E-state index in [0.29, 0.717) is 5.92 Å². The second kappa shape index (κ2) is 3.22. The van der Waals surface area contributed by atoms with Crippen molar-refractivity contribution in [3.63, 3.8) is 0 Å². The van der Waals surface area contributed by atoms with Crippen molar-refractivity contribution in [2.75, 3.05) is 13.1 Å². The molecular weight excluding hydrogens is 196 g/mol. The second-order valence-corrected chi connectivity index (χ2v) is 5.53. The van der Waals surface area contributed by atoms with E-state index in [4.69, 9.17) is 0 Å². The van der Waals surface area contributed by atoms with Gasteiger partial charge in [-0.05, 0) is 49.2 Å². The maximum absolute atomic E-state index is 4.39. The first-order chi connectivity index (χ1) is 7.93. The Morgan fingerprint density at radius 1 is 1.25 bits per heavy atom. The Morgan fingerprint density at radius 2 is 2.19 bits per heavy atom.